The molecule has 4 heterocycles. The monoisotopic (exact) mass is 393 g/mol. The van der Waals surface area contributed by atoms with Crippen LogP contribution < -0.4 is 10.6 Å². The van der Waals surface area contributed by atoms with E-state index < -0.39 is 0 Å². The number of rotatable bonds is 5. The largest absolute Gasteiger partial charge is 0.362 e. The predicted molar refractivity (Wildman–Crippen MR) is 108 cm³/mol. The molecule has 0 aliphatic carbocycles. The minimum atomic E-state index is -0.380. The summed E-state index contributed by atoms with van der Waals surface area (Å²) < 4.78 is 14.9. The quantitative estimate of drug-likeness (QED) is 0.484. The average Bonchev–Trinajstić information content (AvgIpc) is 3.31. The molecule has 0 radical (unpaired) electrons. The summed E-state index contributed by atoms with van der Waals surface area (Å²) in [6.07, 6.45) is 2.91. The molecule has 29 heavy (non-hydrogen) atoms. The third kappa shape index (κ3) is 3.54. The Labute approximate surface area is 166 Å². The first kappa shape index (κ1) is 18.6. The summed E-state index contributed by atoms with van der Waals surface area (Å²) in [5.74, 6) is 0.661. The summed E-state index contributed by atoms with van der Waals surface area (Å²) in [5, 5.41) is 13.8. The van der Waals surface area contributed by atoms with E-state index in [1.807, 2.05) is 26.0 Å². The second-order valence-electron chi connectivity index (χ2n) is 6.74. The van der Waals surface area contributed by atoms with Gasteiger partial charge in [-0.25, -0.2) is 9.37 Å². The van der Waals surface area contributed by atoms with Crippen molar-refractivity contribution >= 4 is 22.8 Å². The summed E-state index contributed by atoms with van der Waals surface area (Å²) >= 11 is 0. The predicted octanol–water partition coefficient (Wildman–Crippen LogP) is 3.12. The molecule has 0 bridgehead atoms. The molecule has 0 aliphatic heterocycles. The van der Waals surface area contributed by atoms with Crippen LogP contribution in [0, 0.1) is 12.7 Å². The minimum absolute atomic E-state index is 0.185. The van der Waals surface area contributed by atoms with Gasteiger partial charge in [0.15, 0.2) is 5.82 Å². The first-order valence-electron chi connectivity index (χ1n) is 9.11. The number of nitrogens with zero attached hydrogens (tertiary/aromatic N) is 4. The lowest BCUT2D eigenvalue weighted by Crippen LogP contribution is -2.17. The number of amides is 1. The third-order valence-electron chi connectivity index (χ3n) is 4.62. The van der Waals surface area contributed by atoms with E-state index in [4.69, 9.17) is 4.98 Å². The van der Waals surface area contributed by atoms with E-state index in [9.17, 15) is 9.18 Å². The molecule has 0 fully saturated rings. The lowest BCUT2D eigenvalue weighted by atomic mass is 10.2. The van der Waals surface area contributed by atoms with Crippen molar-refractivity contribution in [1.82, 2.24) is 30.0 Å². The maximum Gasteiger partial charge on any atom is 0.253 e. The molecule has 0 unspecified atom stereocenters. The van der Waals surface area contributed by atoms with Crippen LogP contribution in [0.3, 0.4) is 0 Å². The highest BCUT2D eigenvalue weighted by atomic mass is 19.1. The van der Waals surface area contributed by atoms with Gasteiger partial charge in [-0.05, 0) is 38.1 Å². The fraction of sp³-hybridized carbons (Fsp3) is 0.200. The molecule has 0 saturated carbocycles. The number of aryl methyl sites for hydroxylation is 1. The summed E-state index contributed by atoms with van der Waals surface area (Å²) in [4.78, 5) is 21.1. The van der Waals surface area contributed by atoms with Crippen LogP contribution in [0.25, 0.3) is 16.9 Å². The number of H-pyrrole nitrogens is 1. The smallest absolute Gasteiger partial charge is 0.253 e. The molecular formula is C20H20FN7O. The van der Waals surface area contributed by atoms with Crippen molar-refractivity contribution in [3.63, 3.8) is 0 Å². The van der Waals surface area contributed by atoms with Crippen LogP contribution in [0.2, 0.25) is 0 Å². The van der Waals surface area contributed by atoms with Crippen molar-refractivity contribution in [2.45, 2.75) is 19.9 Å². The molecule has 148 valence electrons. The Morgan fingerprint density at radius 3 is 2.76 bits per heavy atom. The SMILES string of the molecule is CNC(=O)c1cn(-c2cc(C)[nH]n2)c2nc(N[C@@H](C)c3ccc(F)cn3)ccc12. The number of fused-ring (bicyclic) bond motifs is 1. The van der Waals surface area contributed by atoms with Crippen LogP contribution in [-0.4, -0.2) is 37.7 Å². The van der Waals surface area contributed by atoms with Gasteiger partial charge >= 0.3 is 0 Å². The van der Waals surface area contributed by atoms with E-state index >= 15 is 0 Å². The molecule has 1 amide bonds. The Hall–Kier alpha value is -3.75. The fourth-order valence-electron chi connectivity index (χ4n) is 3.14. The molecule has 3 N–H and O–H groups in total. The highest BCUT2D eigenvalue weighted by Crippen LogP contribution is 2.26. The topological polar surface area (TPSA) is 101 Å². The molecule has 0 aliphatic rings. The van der Waals surface area contributed by atoms with E-state index in [2.05, 4.69) is 25.8 Å². The highest BCUT2D eigenvalue weighted by molar-refractivity contribution is 6.06. The maximum absolute atomic E-state index is 13.1. The molecule has 4 aromatic heterocycles. The molecule has 0 saturated heterocycles. The molecule has 8 nitrogen and oxygen atoms in total. The standard InChI is InChI=1S/C20H20FN7O/c1-11-8-18(27-26-11)28-10-15(20(29)22-3)14-5-7-17(25-19(14)28)24-12(2)16-6-4-13(21)9-23-16/h4-10,12H,1-3H3,(H,22,29)(H,24,25)(H,26,27)/t12-/m0/s1. The number of aromatic nitrogens is 5. The Kier molecular flexibility index (Phi) is 4.71. The highest BCUT2D eigenvalue weighted by Gasteiger charge is 2.18. The van der Waals surface area contributed by atoms with Gasteiger partial charge in [-0.2, -0.15) is 5.10 Å². The zero-order valence-corrected chi connectivity index (χ0v) is 16.2. The van der Waals surface area contributed by atoms with E-state index in [1.54, 1.807) is 29.9 Å². The summed E-state index contributed by atoms with van der Waals surface area (Å²) in [5.41, 5.74) is 2.70. The fourth-order valence-corrected chi connectivity index (χ4v) is 3.14. The normalized spacial score (nSPS) is 12.1. The van der Waals surface area contributed by atoms with Gasteiger partial charge in [0.1, 0.15) is 17.3 Å². The van der Waals surface area contributed by atoms with Crippen LogP contribution in [-0.2, 0) is 0 Å². The van der Waals surface area contributed by atoms with Crippen LogP contribution >= 0.6 is 0 Å². The minimum Gasteiger partial charge on any atom is -0.362 e. The number of nitrogens with one attached hydrogen (secondary N) is 3. The zero-order chi connectivity index (χ0) is 20.5. The second kappa shape index (κ2) is 7.34. The number of hydrogen-bond acceptors (Lipinski definition) is 5. The molecule has 4 rings (SSSR count). The third-order valence-corrected chi connectivity index (χ3v) is 4.62. The van der Waals surface area contributed by atoms with Crippen molar-refractivity contribution < 1.29 is 9.18 Å². The lowest BCUT2D eigenvalue weighted by Gasteiger charge is -2.14. The van der Waals surface area contributed by atoms with E-state index in [-0.39, 0.29) is 17.8 Å². The Morgan fingerprint density at radius 1 is 1.28 bits per heavy atom. The van der Waals surface area contributed by atoms with Crippen molar-refractivity contribution in [2.24, 2.45) is 0 Å². The summed E-state index contributed by atoms with van der Waals surface area (Å²) in [7, 11) is 1.59. The first-order valence-corrected chi connectivity index (χ1v) is 9.11. The number of carbonyl (C=O) groups excluding carboxylic acids is 1. The molecule has 0 spiro atoms. The molecule has 1 atom stereocenters. The van der Waals surface area contributed by atoms with Crippen molar-refractivity contribution in [2.75, 3.05) is 12.4 Å². The van der Waals surface area contributed by atoms with Crippen molar-refractivity contribution in [3.8, 4) is 5.82 Å². The van der Waals surface area contributed by atoms with Gasteiger partial charge in [0.05, 0.1) is 23.5 Å². The molecule has 4 aromatic rings. The number of pyridine rings is 2. The van der Waals surface area contributed by atoms with Crippen LogP contribution in [0.4, 0.5) is 10.2 Å². The molecule has 0 aromatic carbocycles. The Balaban J connectivity index is 1.75. The maximum atomic E-state index is 13.1. The Bertz CT molecular complexity index is 1180. The lowest BCUT2D eigenvalue weighted by molar-refractivity contribution is 0.0964. The number of carbonyl (C=O) groups is 1. The van der Waals surface area contributed by atoms with Crippen molar-refractivity contribution in [1.29, 1.82) is 0 Å². The summed E-state index contributed by atoms with van der Waals surface area (Å²) in [6.45, 7) is 3.82. The van der Waals surface area contributed by atoms with Gasteiger partial charge in [0.25, 0.3) is 5.91 Å². The van der Waals surface area contributed by atoms with Gasteiger partial charge in [-0.1, -0.05) is 0 Å². The number of aromatic amines is 1. The van der Waals surface area contributed by atoms with Crippen LogP contribution in [0.5, 0.6) is 0 Å². The summed E-state index contributed by atoms with van der Waals surface area (Å²) in [6, 6.07) is 8.34. The number of hydrogen-bond donors (Lipinski definition) is 3. The van der Waals surface area contributed by atoms with Gasteiger partial charge in [-0.3, -0.25) is 19.4 Å². The zero-order valence-electron chi connectivity index (χ0n) is 16.2. The van der Waals surface area contributed by atoms with Gasteiger partial charge in [0.2, 0.25) is 0 Å². The van der Waals surface area contributed by atoms with Gasteiger partial charge in [0, 0.05) is 30.4 Å². The average molecular weight is 393 g/mol. The number of anilines is 1. The second-order valence-corrected chi connectivity index (χ2v) is 6.74. The van der Waals surface area contributed by atoms with E-state index in [1.165, 1.54) is 12.3 Å². The van der Waals surface area contributed by atoms with E-state index in [0.717, 1.165) is 5.69 Å². The van der Waals surface area contributed by atoms with Crippen LogP contribution in [0.15, 0.2) is 42.7 Å². The molecule has 9 heteroatoms. The number of halogens is 1. The van der Waals surface area contributed by atoms with Crippen LogP contribution in [0.1, 0.15) is 34.7 Å². The van der Waals surface area contributed by atoms with E-state index in [0.29, 0.717) is 33.9 Å². The Morgan fingerprint density at radius 2 is 2.10 bits per heavy atom. The molecular weight excluding hydrogens is 373 g/mol. The van der Waals surface area contributed by atoms with Gasteiger partial charge < -0.3 is 10.6 Å². The first-order chi connectivity index (χ1) is 14.0. The van der Waals surface area contributed by atoms with Gasteiger partial charge in [-0.15, -0.1) is 0 Å². The van der Waals surface area contributed by atoms with Crippen molar-refractivity contribution in [3.05, 3.63) is 65.5 Å².